The molecule has 0 aromatic heterocycles. The van der Waals surface area contributed by atoms with E-state index in [1.54, 1.807) is 30.3 Å². The van der Waals surface area contributed by atoms with Crippen molar-refractivity contribution in [1.29, 1.82) is 0 Å². The van der Waals surface area contributed by atoms with Crippen molar-refractivity contribution in [3.05, 3.63) is 47.0 Å². The topological polar surface area (TPSA) is 141 Å². The molecule has 0 saturated heterocycles. The van der Waals surface area contributed by atoms with Gasteiger partial charge in [-0.1, -0.05) is 11.6 Å². The van der Waals surface area contributed by atoms with E-state index in [9.17, 15) is 4.79 Å². The first kappa shape index (κ1) is 15.6. The van der Waals surface area contributed by atoms with Crippen LogP contribution in [0.2, 0.25) is 5.02 Å². The summed E-state index contributed by atoms with van der Waals surface area (Å²) in [6.07, 6.45) is 0. The van der Waals surface area contributed by atoms with Gasteiger partial charge < -0.3 is 27.3 Å². The molecule has 2 aromatic carbocycles. The number of rotatable bonds is 1. The number of halogens is 1. The Bertz CT molecular complexity index is 890. The Morgan fingerprint density at radius 3 is 2.58 bits per heavy atom. The van der Waals surface area contributed by atoms with Crippen molar-refractivity contribution in [2.45, 2.75) is 0 Å². The highest BCUT2D eigenvalue weighted by molar-refractivity contribution is 6.31. The number of nitrogens with two attached hydrogens (primary N) is 3. The molecule has 0 unspecified atom stereocenters. The van der Waals surface area contributed by atoms with Crippen LogP contribution in [0.4, 0.5) is 11.4 Å². The van der Waals surface area contributed by atoms with Crippen molar-refractivity contribution in [1.82, 2.24) is 0 Å². The highest BCUT2D eigenvalue weighted by atomic mass is 35.5. The average Bonchev–Trinajstić information content (AvgIpc) is 2.62. The number of carbonyl (C=O) groups excluding carboxylic acids is 1. The molecular weight excluding hydrogens is 332 g/mol. The molecule has 7 N–H and O–H groups in total. The van der Waals surface area contributed by atoms with E-state index in [2.05, 4.69) is 15.3 Å². The average molecular weight is 345 g/mol. The minimum Gasteiger partial charge on any atom is -0.454 e. The maximum absolute atomic E-state index is 12.4. The first-order valence-corrected chi connectivity index (χ1v) is 7.17. The predicted octanol–water partition coefficient (Wildman–Crippen LogP) is 1.92. The molecular formula is C15H13ClN6O2. The van der Waals surface area contributed by atoms with E-state index in [0.717, 1.165) is 0 Å². The number of nitrogens with one attached hydrogen (secondary N) is 1. The number of ether oxygens (including phenoxy) is 1. The number of aliphatic imine (C=N–C) groups is 2. The summed E-state index contributed by atoms with van der Waals surface area (Å²) in [7, 11) is 0. The summed E-state index contributed by atoms with van der Waals surface area (Å²) in [6, 6.07) is 9.72. The lowest BCUT2D eigenvalue weighted by molar-refractivity contribution is 0.102. The summed E-state index contributed by atoms with van der Waals surface area (Å²) < 4.78 is 5.76. The number of benzene rings is 2. The van der Waals surface area contributed by atoms with Gasteiger partial charge in [0.1, 0.15) is 5.75 Å². The molecule has 0 saturated carbocycles. The lowest BCUT2D eigenvalue weighted by atomic mass is 10.1. The van der Waals surface area contributed by atoms with E-state index < -0.39 is 0 Å². The fraction of sp³-hybridized carbons (Fsp3) is 0. The maximum Gasteiger partial charge on any atom is 0.259 e. The summed E-state index contributed by atoms with van der Waals surface area (Å²) >= 11 is 5.94. The third-order valence-corrected chi connectivity index (χ3v) is 3.34. The van der Waals surface area contributed by atoms with Gasteiger partial charge in [0, 0.05) is 5.02 Å². The zero-order chi connectivity index (χ0) is 17.3. The number of hydrogen-bond donors (Lipinski definition) is 4. The molecule has 0 bridgehead atoms. The maximum atomic E-state index is 12.4. The largest absolute Gasteiger partial charge is 0.454 e. The molecule has 122 valence electrons. The quantitative estimate of drug-likeness (QED) is 0.462. The number of carbonyl (C=O) groups is 1. The molecule has 0 fully saturated rings. The summed E-state index contributed by atoms with van der Waals surface area (Å²) in [5.41, 5.74) is 17.2. The van der Waals surface area contributed by atoms with Gasteiger partial charge in [-0.15, -0.1) is 0 Å². The molecule has 1 heterocycles. The van der Waals surface area contributed by atoms with Gasteiger partial charge in [0.25, 0.3) is 5.91 Å². The molecule has 0 spiro atoms. The smallest absolute Gasteiger partial charge is 0.259 e. The highest BCUT2D eigenvalue weighted by Gasteiger charge is 2.21. The summed E-state index contributed by atoms with van der Waals surface area (Å²) in [5.74, 6) is 0.179. The van der Waals surface area contributed by atoms with Gasteiger partial charge in [-0.2, -0.15) is 4.99 Å². The monoisotopic (exact) mass is 344 g/mol. The number of fused-ring (bicyclic) bond motifs is 2. The Balaban J connectivity index is 2.00. The van der Waals surface area contributed by atoms with Gasteiger partial charge in [-0.05, 0) is 36.4 Å². The summed E-state index contributed by atoms with van der Waals surface area (Å²) in [4.78, 5) is 20.1. The summed E-state index contributed by atoms with van der Waals surface area (Å²) in [5, 5.41) is 3.22. The van der Waals surface area contributed by atoms with Crippen LogP contribution in [-0.4, -0.2) is 17.8 Å². The lowest BCUT2D eigenvalue weighted by Gasteiger charge is -2.07. The third-order valence-electron chi connectivity index (χ3n) is 3.10. The first-order valence-electron chi connectivity index (χ1n) is 6.79. The fourth-order valence-corrected chi connectivity index (χ4v) is 2.31. The van der Waals surface area contributed by atoms with Gasteiger partial charge >= 0.3 is 0 Å². The molecule has 3 rings (SSSR count). The zero-order valence-corrected chi connectivity index (χ0v) is 13.0. The Morgan fingerprint density at radius 2 is 1.83 bits per heavy atom. The Hall–Kier alpha value is -3.26. The van der Waals surface area contributed by atoms with E-state index in [-0.39, 0.29) is 17.8 Å². The van der Waals surface area contributed by atoms with E-state index in [0.29, 0.717) is 33.5 Å². The van der Waals surface area contributed by atoms with Crippen LogP contribution in [0.15, 0.2) is 46.4 Å². The summed E-state index contributed by atoms with van der Waals surface area (Å²) in [6.45, 7) is 0. The van der Waals surface area contributed by atoms with Gasteiger partial charge in [0.05, 0.1) is 16.9 Å². The van der Waals surface area contributed by atoms with Crippen LogP contribution in [0.25, 0.3) is 0 Å². The lowest BCUT2D eigenvalue weighted by Crippen LogP contribution is -2.26. The standard InChI is InChI=1S/C15H13ClN6O2/c16-7-1-3-12-10(5-7)21-13(23)9-6-8(2-4-11(9)24-12)20-15(19)22-14(17)18/h1-6H,(H,21,23)(H6,17,18,19,20,22). The number of amides is 1. The van der Waals surface area contributed by atoms with Crippen LogP contribution in [0.1, 0.15) is 10.4 Å². The van der Waals surface area contributed by atoms with Crippen LogP contribution in [-0.2, 0) is 0 Å². The minimum atomic E-state index is -0.358. The molecule has 0 aliphatic carbocycles. The van der Waals surface area contributed by atoms with Crippen LogP contribution in [0.3, 0.4) is 0 Å². The SMILES string of the molecule is NC(N)=NC(N)=Nc1ccc2c(c1)C(=O)Nc1cc(Cl)ccc1O2. The molecule has 0 radical (unpaired) electrons. The number of guanidine groups is 2. The van der Waals surface area contributed by atoms with Gasteiger partial charge in [0.15, 0.2) is 11.7 Å². The highest BCUT2D eigenvalue weighted by Crippen LogP contribution is 2.38. The van der Waals surface area contributed by atoms with Crippen LogP contribution < -0.4 is 27.3 Å². The molecule has 0 atom stereocenters. The Labute approximate surface area is 142 Å². The minimum absolute atomic E-state index is 0.125. The molecule has 1 aliphatic rings. The van der Waals surface area contributed by atoms with Crippen molar-refractivity contribution in [3.63, 3.8) is 0 Å². The second-order valence-corrected chi connectivity index (χ2v) is 5.32. The van der Waals surface area contributed by atoms with E-state index in [4.69, 9.17) is 33.5 Å². The van der Waals surface area contributed by atoms with E-state index in [1.807, 2.05) is 0 Å². The molecule has 8 nitrogen and oxygen atoms in total. The van der Waals surface area contributed by atoms with Gasteiger partial charge in [0.2, 0.25) is 5.96 Å². The van der Waals surface area contributed by atoms with Crippen molar-refractivity contribution in [2.75, 3.05) is 5.32 Å². The van der Waals surface area contributed by atoms with Crippen molar-refractivity contribution in [3.8, 4) is 11.5 Å². The van der Waals surface area contributed by atoms with Crippen molar-refractivity contribution < 1.29 is 9.53 Å². The Kier molecular flexibility index (Phi) is 3.97. The second kappa shape index (κ2) is 6.09. The molecule has 9 heteroatoms. The predicted molar refractivity (Wildman–Crippen MR) is 93.0 cm³/mol. The van der Waals surface area contributed by atoms with Gasteiger partial charge in [-0.25, -0.2) is 4.99 Å². The number of hydrogen-bond acceptors (Lipinski definition) is 3. The first-order chi connectivity index (χ1) is 11.4. The van der Waals surface area contributed by atoms with Crippen LogP contribution in [0, 0.1) is 0 Å². The molecule has 2 aromatic rings. The molecule has 1 amide bonds. The zero-order valence-electron chi connectivity index (χ0n) is 12.3. The van der Waals surface area contributed by atoms with Gasteiger partial charge in [-0.3, -0.25) is 4.79 Å². The van der Waals surface area contributed by atoms with E-state index in [1.165, 1.54) is 6.07 Å². The van der Waals surface area contributed by atoms with E-state index >= 15 is 0 Å². The second-order valence-electron chi connectivity index (χ2n) is 4.88. The molecule has 24 heavy (non-hydrogen) atoms. The Morgan fingerprint density at radius 1 is 1.08 bits per heavy atom. The van der Waals surface area contributed by atoms with Crippen molar-refractivity contribution >= 4 is 40.8 Å². The number of anilines is 1. The van der Waals surface area contributed by atoms with Crippen LogP contribution >= 0.6 is 11.6 Å². The normalized spacial score (nSPS) is 13.0. The van der Waals surface area contributed by atoms with Crippen LogP contribution in [0.5, 0.6) is 11.5 Å². The molecule has 1 aliphatic heterocycles. The fourth-order valence-electron chi connectivity index (χ4n) is 2.14. The van der Waals surface area contributed by atoms with Crippen molar-refractivity contribution in [2.24, 2.45) is 27.2 Å². The third kappa shape index (κ3) is 3.23. The number of nitrogens with zero attached hydrogens (tertiary/aromatic N) is 2.